The van der Waals surface area contributed by atoms with Crippen molar-refractivity contribution >= 4 is 23.7 Å². The number of imide groups is 1. The van der Waals surface area contributed by atoms with E-state index >= 15 is 0 Å². The van der Waals surface area contributed by atoms with Crippen molar-refractivity contribution in [2.45, 2.75) is 20.4 Å². The van der Waals surface area contributed by atoms with Gasteiger partial charge >= 0.3 is 11.7 Å². The van der Waals surface area contributed by atoms with E-state index in [-0.39, 0.29) is 29.9 Å². The van der Waals surface area contributed by atoms with Crippen LogP contribution in [0.15, 0.2) is 93.0 Å². The maximum Gasteiger partial charge on any atom is 0.351 e. The molecule has 0 aliphatic carbocycles. The standard InChI is InChI=1S/C27H24N4O4/c1-3-30-24(32)20(22(28-26(30)34)18-12-7-5-8-13-18)16-11-17-21-23(19-14-9-6-10-15-19)29-27(35)31(4-2)25(21)33/h5-17H,3-4H2,1-2H3,(H,28,34)/b16-11+,21-17-. The maximum atomic E-state index is 13.1. The topological polar surface area (TPSA) is 105 Å². The summed E-state index contributed by atoms with van der Waals surface area (Å²) in [5.41, 5.74) is 1.54. The maximum absolute atomic E-state index is 13.1. The highest BCUT2D eigenvalue weighted by molar-refractivity contribution is 6.34. The average molecular weight is 469 g/mol. The lowest BCUT2D eigenvalue weighted by Crippen LogP contribution is -2.42. The molecule has 1 aliphatic heterocycles. The second kappa shape index (κ2) is 10.1. The van der Waals surface area contributed by atoms with Crippen LogP contribution >= 0.6 is 0 Å². The first kappa shape index (κ1) is 23.6. The first-order valence-corrected chi connectivity index (χ1v) is 11.3. The fraction of sp³-hybridized carbons (Fsp3) is 0.148. The summed E-state index contributed by atoms with van der Waals surface area (Å²) in [6.07, 6.45) is 4.66. The summed E-state index contributed by atoms with van der Waals surface area (Å²) in [7, 11) is 0. The molecule has 0 fully saturated rings. The van der Waals surface area contributed by atoms with Gasteiger partial charge in [0.1, 0.15) is 0 Å². The third-order valence-corrected chi connectivity index (χ3v) is 5.66. The Kier molecular flexibility index (Phi) is 6.82. The number of nitrogens with zero attached hydrogens (tertiary/aromatic N) is 3. The Hall–Kier alpha value is -4.59. The number of allylic oxidation sites excluding steroid dienone is 2. The van der Waals surface area contributed by atoms with E-state index in [0.29, 0.717) is 16.8 Å². The summed E-state index contributed by atoms with van der Waals surface area (Å²) in [6.45, 7) is 3.81. The number of urea groups is 1. The molecule has 4 rings (SSSR count). The zero-order chi connectivity index (χ0) is 24.9. The first-order chi connectivity index (χ1) is 17.0. The molecular formula is C27H24N4O4. The van der Waals surface area contributed by atoms with Gasteiger partial charge in [-0.2, -0.15) is 4.99 Å². The van der Waals surface area contributed by atoms with Gasteiger partial charge in [0.25, 0.3) is 11.5 Å². The number of carbonyl (C=O) groups is 2. The first-order valence-electron chi connectivity index (χ1n) is 11.3. The molecule has 176 valence electrons. The zero-order valence-electron chi connectivity index (χ0n) is 19.4. The number of likely N-dealkylation sites (N-methyl/N-ethyl adjacent to an activating group) is 1. The highest BCUT2D eigenvalue weighted by Crippen LogP contribution is 2.21. The summed E-state index contributed by atoms with van der Waals surface area (Å²) in [6, 6.07) is 17.4. The SMILES string of the molecule is CCN1C(=O)N=C(c2ccccc2)/C(=C/C=C/c2c(-c3ccccc3)[nH]c(=O)n(CC)c2=O)C1=O. The van der Waals surface area contributed by atoms with E-state index in [2.05, 4.69) is 9.98 Å². The largest absolute Gasteiger partial charge is 0.351 e. The molecule has 0 spiro atoms. The van der Waals surface area contributed by atoms with Crippen LogP contribution in [0.4, 0.5) is 4.79 Å². The number of hydrogen-bond donors (Lipinski definition) is 1. The monoisotopic (exact) mass is 468 g/mol. The molecule has 8 heteroatoms. The highest BCUT2D eigenvalue weighted by atomic mass is 16.2. The molecule has 2 heterocycles. The molecule has 0 unspecified atom stereocenters. The lowest BCUT2D eigenvalue weighted by atomic mass is 9.99. The highest BCUT2D eigenvalue weighted by Gasteiger charge is 2.31. The second-order valence-corrected chi connectivity index (χ2v) is 7.73. The number of rotatable bonds is 6. The molecule has 2 aromatic carbocycles. The van der Waals surface area contributed by atoms with Crippen molar-refractivity contribution in [1.82, 2.24) is 14.5 Å². The predicted octanol–water partition coefficient (Wildman–Crippen LogP) is 3.63. The molecular weight excluding hydrogens is 444 g/mol. The van der Waals surface area contributed by atoms with Gasteiger partial charge in [0.15, 0.2) is 0 Å². The van der Waals surface area contributed by atoms with Gasteiger partial charge in [0.05, 0.1) is 22.5 Å². The van der Waals surface area contributed by atoms with Crippen molar-refractivity contribution < 1.29 is 9.59 Å². The minimum absolute atomic E-state index is 0.184. The molecule has 1 aromatic heterocycles. The molecule has 0 radical (unpaired) electrons. The van der Waals surface area contributed by atoms with Crippen LogP contribution in [0.1, 0.15) is 25.0 Å². The van der Waals surface area contributed by atoms with Crippen molar-refractivity contribution in [2.24, 2.45) is 4.99 Å². The van der Waals surface area contributed by atoms with Crippen molar-refractivity contribution in [1.29, 1.82) is 0 Å². The van der Waals surface area contributed by atoms with Crippen molar-refractivity contribution in [3.05, 3.63) is 110 Å². The molecule has 3 amide bonds. The third kappa shape index (κ3) is 4.59. The van der Waals surface area contributed by atoms with Gasteiger partial charge in [0.2, 0.25) is 0 Å². The van der Waals surface area contributed by atoms with Crippen LogP contribution in [0.3, 0.4) is 0 Å². The van der Waals surface area contributed by atoms with Crippen LogP contribution in [0.25, 0.3) is 17.3 Å². The Morgan fingerprint density at radius 1 is 0.857 bits per heavy atom. The van der Waals surface area contributed by atoms with Gasteiger partial charge in [-0.25, -0.2) is 9.59 Å². The predicted molar refractivity (Wildman–Crippen MR) is 135 cm³/mol. The minimum Gasteiger partial charge on any atom is -0.306 e. The van der Waals surface area contributed by atoms with E-state index in [9.17, 15) is 19.2 Å². The Labute approximate surface area is 201 Å². The quantitative estimate of drug-likeness (QED) is 0.558. The second-order valence-electron chi connectivity index (χ2n) is 7.73. The molecule has 8 nitrogen and oxygen atoms in total. The summed E-state index contributed by atoms with van der Waals surface area (Å²) in [5, 5.41) is 0. The van der Waals surface area contributed by atoms with Crippen LogP contribution in [0, 0.1) is 0 Å². The number of H-pyrrole nitrogens is 1. The molecule has 0 saturated heterocycles. The van der Waals surface area contributed by atoms with Gasteiger partial charge in [-0.15, -0.1) is 0 Å². The van der Waals surface area contributed by atoms with Crippen LogP contribution in [-0.4, -0.2) is 38.6 Å². The van der Waals surface area contributed by atoms with E-state index in [1.165, 1.54) is 0 Å². The van der Waals surface area contributed by atoms with Crippen molar-refractivity contribution in [2.75, 3.05) is 6.54 Å². The Balaban J connectivity index is 1.85. The Morgan fingerprint density at radius 2 is 1.49 bits per heavy atom. The van der Waals surface area contributed by atoms with Crippen LogP contribution < -0.4 is 11.2 Å². The van der Waals surface area contributed by atoms with Gasteiger partial charge in [-0.3, -0.25) is 19.1 Å². The Morgan fingerprint density at radius 3 is 2.09 bits per heavy atom. The van der Waals surface area contributed by atoms with E-state index < -0.39 is 23.2 Å². The molecule has 1 aliphatic rings. The lowest BCUT2D eigenvalue weighted by Gasteiger charge is -2.24. The van der Waals surface area contributed by atoms with E-state index in [1.807, 2.05) is 24.3 Å². The van der Waals surface area contributed by atoms with E-state index in [0.717, 1.165) is 9.47 Å². The number of amides is 3. The number of aliphatic imine (C=N–C) groups is 1. The van der Waals surface area contributed by atoms with E-state index in [1.54, 1.807) is 68.5 Å². The van der Waals surface area contributed by atoms with Gasteiger partial charge in [0, 0.05) is 18.7 Å². The van der Waals surface area contributed by atoms with Gasteiger partial charge in [-0.1, -0.05) is 66.7 Å². The molecule has 35 heavy (non-hydrogen) atoms. The Bertz CT molecular complexity index is 1480. The van der Waals surface area contributed by atoms with E-state index in [4.69, 9.17) is 0 Å². The summed E-state index contributed by atoms with van der Waals surface area (Å²) in [5.74, 6) is -0.466. The molecule has 0 saturated carbocycles. The number of carbonyl (C=O) groups excluding carboxylic acids is 2. The van der Waals surface area contributed by atoms with Gasteiger partial charge in [-0.05, 0) is 31.6 Å². The van der Waals surface area contributed by atoms with Crippen LogP contribution in [-0.2, 0) is 11.3 Å². The fourth-order valence-corrected chi connectivity index (χ4v) is 3.90. The number of benzene rings is 2. The zero-order valence-corrected chi connectivity index (χ0v) is 19.4. The number of aromatic nitrogens is 2. The number of hydrogen-bond acceptors (Lipinski definition) is 4. The van der Waals surface area contributed by atoms with Crippen molar-refractivity contribution in [3.63, 3.8) is 0 Å². The average Bonchev–Trinajstić information content (AvgIpc) is 2.87. The minimum atomic E-state index is -0.615. The van der Waals surface area contributed by atoms with Crippen molar-refractivity contribution in [3.8, 4) is 11.3 Å². The van der Waals surface area contributed by atoms with Gasteiger partial charge < -0.3 is 4.98 Å². The molecule has 0 bridgehead atoms. The summed E-state index contributed by atoms with van der Waals surface area (Å²) >= 11 is 0. The molecule has 1 N–H and O–H groups in total. The normalized spacial score (nSPS) is 15.2. The van der Waals surface area contributed by atoms with Crippen LogP contribution in [0.2, 0.25) is 0 Å². The third-order valence-electron chi connectivity index (χ3n) is 5.66. The summed E-state index contributed by atoms with van der Waals surface area (Å²) < 4.78 is 1.11. The lowest BCUT2D eigenvalue weighted by molar-refractivity contribution is -0.123. The number of nitrogens with one attached hydrogen (secondary N) is 1. The number of aromatic amines is 1. The fourth-order valence-electron chi connectivity index (χ4n) is 3.90. The molecule has 3 aromatic rings. The van der Waals surface area contributed by atoms with Crippen LogP contribution in [0.5, 0.6) is 0 Å². The smallest absolute Gasteiger partial charge is 0.306 e. The summed E-state index contributed by atoms with van der Waals surface area (Å²) in [4.78, 5) is 59.1. The molecule has 0 atom stereocenters.